The fourth-order valence-electron chi connectivity index (χ4n) is 1.21. The molecule has 0 saturated carbocycles. The number of hydrogen-bond acceptors (Lipinski definition) is 4. The van der Waals surface area contributed by atoms with Crippen molar-refractivity contribution in [2.45, 2.75) is 19.1 Å². The van der Waals surface area contributed by atoms with Crippen LogP contribution in [0.5, 0.6) is 5.75 Å². The maximum Gasteiger partial charge on any atom is 0.214 e. The van der Waals surface area contributed by atoms with Crippen molar-refractivity contribution in [1.29, 1.82) is 0 Å². The molecule has 6 heteroatoms. The molecule has 0 bridgehead atoms. The summed E-state index contributed by atoms with van der Waals surface area (Å²) >= 11 is 0. The van der Waals surface area contributed by atoms with Crippen molar-refractivity contribution in [1.82, 2.24) is 4.72 Å². The molecule has 100 valence electrons. The highest BCUT2D eigenvalue weighted by atomic mass is 32.2. The van der Waals surface area contributed by atoms with Gasteiger partial charge in [0, 0.05) is 5.56 Å². The third-order valence-corrected chi connectivity index (χ3v) is 4.25. The standard InChI is InChI=1S/C12H17NO4S/c1-9(2)18(15,16)13-8-12(14)10-4-6-11(17-3)7-5-10/h4-7,9,13H,8H2,1-3H3. The average Bonchev–Trinajstić information content (AvgIpc) is 2.36. The molecule has 0 aromatic heterocycles. The molecular weight excluding hydrogens is 254 g/mol. The maximum absolute atomic E-state index is 11.7. The molecule has 0 aliphatic heterocycles. The van der Waals surface area contributed by atoms with Gasteiger partial charge in [0.25, 0.3) is 0 Å². The third-order valence-electron chi connectivity index (χ3n) is 2.47. The van der Waals surface area contributed by atoms with Gasteiger partial charge in [-0.05, 0) is 38.1 Å². The van der Waals surface area contributed by atoms with Crippen LogP contribution < -0.4 is 9.46 Å². The number of sulfonamides is 1. The molecule has 0 heterocycles. The van der Waals surface area contributed by atoms with Crippen LogP contribution in [0.4, 0.5) is 0 Å². The second-order valence-electron chi connectivity index (χ2n) is 4.07. The minimum absolute atomic E-state index is 0.229. The summed E-state index contributed by atoms with van der Waals surface area (Å²) in [5, 5.41) is -0.554. The lowest BCUT2D eigenvalue weighted by Gasteiger charge is -2.09. The quantitative estimate of drug-likeness (QED) is 0.789. The summed E-state index contributed by atoms with van der Waals surface area (Å²) in [6.45, 7) is 2.88. The van der Waals surface area contributed by atoms with Crippen molar-refractivity contribution in [2.24, 2.45) is 0 Å². The zero-order valence-electron chi connectivity index (χ0n) is 10.6. The van der Waals surface area contributed by atoms with E-state index >= 15 is 0 Å². The van der Waals surface area contributed by atoms with Crippen LogP contribution in [0.3, 0.4) is 0 Å². The lowest BCUT2D eigenvalue weighted by molar-refractivity contribution is 0.0997. The molecule has 1 N–H and O–H groups in total. The Balaban J connectivity index is 2.66. The highest BCUT2D eigenvalue weighted by molar-refractivity contribution is 7.90. The van der Waals surface area contributed by atoms with E-state index < -0.39 is 15.3 Å². The van der Waals surface area contributed by atoms with Gasteiger partial charge >= 0.3 is 0 Å². The SMILES string of the molecule is COc1ccc(C(=O)CNS(=O)(=O)C(C)C)cc1. The predicted octanol–water partition coefficient (Wildman–Crippen LogP) is 1.21. The molecule has 0 radical (unpaired) electrons. The van der Waals surface area contributed by atoms with Gasteiger partial charge in [0.2, 0.25) is 10.0 Å². The van der Waals surface area contributed by atoms with Crippen LogP contribution in [0.25, 0.3) is 0 Å². The molecule has 1 rings (SSSR count). The molecule has 0 spiro atoms. The summed E-state index contributed by atoms with van der Waals surface area (Å²) in [6, 6.07) is 6.52. The normalized spacial score (nSPS) is 11.6. The van der Waals surface area contributed by atoms with Gasteiger partial charge in [0.1, 0.15) is 5.75 Å². The number of methoxy groups -OCH3 is 1. The topological polar surface area (TPSA) is 72.5 Å². The van der Waals surface area contributed by atoms with Gasteiger partial charge in [-0.1, -0.05) is 0 Å². The predicted molar refractivity (Wildman–Crippen MR) is 69.4 cm³/mol. The number of hydrogen-bond donors (Lipinski definition) is 1. The maximum atomic E-state index is 11.7. The number of Topliss-reactive ketones (excluding diaryl/α,β-unsaturated/α-hetero) is 1. The number of nitrogens with one attached hydrogen (secondary N) is 1. The third kappa shape index (κ3) is 3.82. The highest BCUT2D eigenvalue weighted by Gasteiger charge is 2.17. The number of rotatable bonds is 6. The Morgan fingerprint density at radius 2 is 1.83 bits per heavy atom. The van der Waals surface area contributed by atoms with Gasteiger partial charge in [-0.3, -0.25) is 4.79 Å². The fourth-order valence-corrected chi connectivity index (χ4v) is 1.88. The molecule has 0 aliphatic carbocycles. The first-order valence-electron chi connectivity index (χ1n) is 5.52. The van der Waals surface area contributed by atoms with E-state index in [0.717, 1.165) is 0 Å². The molecule has 0 saturated heterocycles. The minimum Gasteiger partial charge on any atom is -0.497 e. The first-order chi connectivity index (χ1) is 8.36. The van der Waals surface area contributed by atoms with Crippen molar-refractivity contribution in [2.75, 3.05) is 13.7 Å². The first-order valence-corrected chi connectivity index (χ1v) is 7.07. The van der Waals surface area contributed by atoms with Gasteiger partial charge < -0.3 is 4.74 Å². The summed E-state index contributed by atoms with van der Waals surface area (Å²) in [5.41, 5.74) is 0.447. The van der Waals surface area contributed by atoms with Crippen molar-refractivity contribution in [3.8, 4) is 5.75 Å². The molecule has 1 aromatic rings. The molecule has 18 heavy (non-hydrogen) atoms. The van der Waals surface area contributed by atoms with Gasteiger partial charge in [0.15, 0.2) is 5.78 Å². The van der Waals surface area contributed by atoms with E-state index in [1.165, 1.54) is 7.11 Å². The second-order valence-corrected chi connectivity index (χ2v) is 6.39. The van der Waals surface area contributed by atoms with Gasteiger partial charge in [0.05, 0.1) is 18.9 Å². The molecule has 0 amide bonds. The Hall–Kier alpha value is -1.40. The lowest BCUT2D eigenvalue weighted by Crippen LogP contribution is -2.34. The average molecular weight is 271 g/mol. The van der Waals surface area contributed by atoms with E-state index in [0.29, 0.717) is 11.3 Å². The van der Waals surface area contributed by atoms with Crippen molar-refractivity contribution in [3.05, 3.63) is 29.8 Å². The summed E-state index contributed by atoms with van der Waals surface area (Å²) in [7, 11) is -1.87. The van der Waals surface area contributed by atoms with E-state index in [2.05, 4.69) is 4.72 Å². The molecular formula is C12H17NO4S. The molecule has 5 nitrogen and oxygen atoms in total. The zero-order valence-corrected chi connectivity index (χ0v) is 11.5. The zero-order chi connectivity index (χ0) is 13.8. The second kappa shape index (κ2) is 5.97. The van der Waals surface area contributed by atoms with E-state index in [1.54, 1.807) is 38.1 Å². The smallest absolute Gasteiger partial charge is 0.214 e. The monoisotopic (exact) mass is 271 g/mol. The van der Waals surface area contributed by atoms with Crippen LogP contribution in [0.1, 0.15) is 24.2 Å². The Bertz CT molecular complexity index is 505. The van der Waals surface area contributed by atoms with Crippen molar-refractivity contribution in [3.63, 3.8) is 0 Å². The molecule has 0 atom stereocenters. The Morgan fingerprint density at radius 1 is 1.28 bits per heavy atom. The summed E-state index contributed by atoms with van der Waals surface area (Å²) in [6.07, 6.45) is 0. The molecule has 0 fully saturated rings. The van der Waals surface area contributed by atoms with Crippen molar-refractivity contribution < 1.29 is 17.9 Å². The Kier molecular flexibility index (Phi) is 4.86. The lowest BCUT2D eigenvalue weighted by atomic mass is 10.1. The Labute approximate surface area is 107 Å². The van der Waals surface area contributed by atoms with Gasteiger partial charge in [-0.15, -0.1) is 0 Å². The number of benzene rings is 1. The van der Waals surface area contributed by atoms with Gasteiger partial charge in [-0.25, -0.2) is 13.1 Å². The fraction of sp³-hybridized carbons (Fsp3) is 0.417. The largest absolute Gasteiger partial charge is 0.497 e. The van der Waals surface area contributed by atoms with Crippen LogP contribution in [-0.4, -0.2) is 33.1 Å². The molecule has 0 aliphatic rings. The Morgan fingerprint density at radius 3 is 2.28 bits per heavy atom. The van der Waals surface area contributed by atoms with Crippen LogP contribution in [0.2, 0.25) is 0 Å². The van der Waals surface area contributed by atoms with Crippen molar-refractivity contribution >= 4 is 15.8 Å². The summed E-state index contributed by atoms with van der Waals surface area (Å²) < 4.78 is 30.2. The highest BCUT2D eigenvalue weighted by Crippen LogP contribution is 2.11. The van der Waals surface area contributed by atoms with E-state index in [-0.39, 0.29) is 12.3 Å². The summed E-state index contributed by atoms with van der Waals surface area (Å²) in [4.78, 5) is 11.7. The molecule has 1 aromatic carbocycles. The van der Waals surface area contributed by atoms with E-state index in [1.807, 2.05) is 0 Å². The number of ketones is 1. The van der Waals surface area contributed by atoms with Crippen LogP contribution >= 0.6 is 0 Å². The number of ether oxygens (including phenoxy) is 1. The minimum atomic E-state index is -3.41. The van der Waals surface area contributed by atoms with Crippen LogP contribution in [0.15, 0.2) is 24.3 Å². The van der Waals surface area contributed by atoms with Crippen LogP contribution in [-0.2, 0) is 10.0 Å². The van der Waals surface area contributed by atoms with Gasteiger partial charge in [-0.2, -0.15) is 0 Å². The number of carbonyl (C=O) groups excluding carboxylic acids is 1. The first kappa shape index (κ1) is 14.7. The molecule has 0 unspecified atom stereocenters. The van der Waals surface area contributed by atoms with E-state index in [9.17, 15) is 13.2 Å². The van der Waals surface area contributed by atoms with Crippen LogP contribution in [0, 0.1) is 0 Å². The summed E-state index contributed by atoms with van der Waals surface area (Å²) in [5.74, 6) is 0.371. The van der Waals surface area contributed by atoms with E-state index in [4.69, 9.17) is 4.74 Å². The number of carbonyl (C=O) groups is 1.